The summed E-state index contributed by atoms with van der Waals surface area (Å²) in [4.78, 5) is 24.7. The highest BCUT2D eigenvalue weighted by Crippen LogP contribution is 2.40. The Morgan fingerprint density at radius 2 is 1.83 bits per heavy atom. The van der Waals surface area contributed by atoms with Crippen molar-refractivity contribution in [1.82, 2.24) is 5.32 Å². The van der Waals surface area contributed by atoms with Gasteiger partial charge in [-0.15, -0.1) is 11.3 Å². The summed E-state index contributed by atoms with van der Waals surface area (Å²) in [6, 6.07) is 7.83. The van der Waals surface area contributed by atoms with E-state index in [0.717, 1.165) is 11.3 Å². The molecule has 0 fully saturated rings. The molecule has 4 nitrogen and oxygen atoms in total. The van der Waals surface area contributed by atoms with Crippen LogP contribution in [0.3, 0.4) is 0 Å². The summed E-state index contributed by atoms with van der Waals surface area (Å²) in [5.41, 5.74) is 0.601. The van der Waals surface area contributed by atoms with Crippen molar-refractivity contribution >= 4 is 58.0 Å². The molecular formula is C15H12Cl3NO3S. The molecule has 0 spiro atoms. The van der Waals surface area contributed by atoms with Crippen molar-refractivity contribution in [3.63, 3.8) is 0 Å². The van der Waals surface area contributed by atoms with Crippen LogP contribution >= 0.6 is 46.1 Å². The van der Waals surface area contributed by atoms with E-state index < -0.39 is 17.9 Å². The second-order valence-electron chi connectivity index (χ2n) is 4.40. The lowest BCUT2D eigenvalue weighted by atomic mass is 10.1. The van der Waals surface area contributed by atoms with E-state index in [1.807, 2.05) is 6.07 Å². The van der Waals surface area contributed by atoms with Gasteiger partial charge in [0.2, 0.25) is 0 Å². The van der Waals surface area contributed by atoms with Crippen LogP contribution in [0.4, 0.5) is 0 Å². The number of ether oxygens (including phenoxy) is 1. The molecule has 1 atom stereocenters. The number of carbonyl (C=O) groups is 2. The number of rotatable bonds is 5. The highest BCUT2D eigenvalue weighted by Gasteiger charge is 2.27. The largest absolute Gasteiger partial charge is 0.464 e. The van der Waals surface area contributed by atoms with E-state index >= 15 is 0 Å². The summed E-state index contributed by atoms with van der Waals surface area (Å²) in [5, 5.41) is 2.80. The molecule has 1 aromatic carbocycles. The third-order valence-corrected chi connectivity index (χ3v) is 5.46. The molecule has 2 aromatic rings. The molecule has 1 unspecified atom stereocenters. The Kier molecular flexibility index (Phi) is 6.30. The molecule has 1 aromatic heterocycles. The quantitative estimate of drug-likeness (QED) is 0.748. The van der Waals surface area contributed by atoms with Gasteiger partial charge >= 0.3 is 5.97 Å². The summed E-state index contributed by atoms with van der Waals surface area (Å²) < 4.78 is 5.24. The first-order chi connectivity index (χ1) is 11.0. The Hall–Kier alpha value is -1.27. The summed E-state index contributed by atoms with van der Waals surface area (Å²) in [6.45, 7) is 1.90. The smallest absolute Gasteiger partial charge is 0.333 e. The zero-order valence-corrected chi connectivity index (χ0v) is 15.0. The molecule has 8 heteroatoms. The normalized spacial score (nSPS) is 11.8. The van der Waals surface area contributed by atoms with Crippen LogP contribution in [-0.4, -0.2) is 18.5 Å². The van der Waals surface area contributed by atoms with Crippen molar-refractivity contribution in [1.29, 1.82) is 0 Å². The number of halogens is 3. The maximum atomic E-state index is 12.4. The lowest BCUT2D eigenvalue weighted by Crippen LogP contribution is -2.34. The summed E-state index contributed by atoms with van der Waals surface area (Å²) in [7, 11) is 0. The first-order valence-electron chi connectivity index (χ1n) is 6.61. The number of benzene rings is 1. The molecule has 2 rings (SSSR count). The summed E-state index contributed by atoms with van der Waals surface area (Å²) in [6.07, 6.45) is 0. The van der Waals surface area contributed by atoms with E-state index in [2.05, 4.69) is 5.32 Å². The first kappa shape index (κ1) is 18.1. The van der Waals surface area contributed by atoms with Gasteiger partial charge in [0.25, 0.3) is 5.91 Å². The molecule has 0 radical (unpaired) electrons. The average Bonchev–Trinajstić information content (AvgIpc) is 2.81. The summed E-state index contributed by atoms with van der Waals surface area (Å²) in [5.74, 6) is -1.10. The molecule has 0 saturated carbocycles. The first-order valence-corrected chi connectivity index (χ1v) is 8.56. The summed E-state index contributed by atoms with van der Waals surface area (Å²) >= 11 is 18.7. The second-order valence-corrected chi connectivity index (χ2v) is 6.78. The predicted molar refractivity (Wildman–Crippen MR) is 92.6 cm³/mol. The molecule has 122 valence electrons. The van der Waals surface area contributed by atoms with Gasteiger partial charge in [-0.2, -0.15) is 0 Å². The van der Waals surface area contributed by atoms with Gasteiger partial charge in [0, 0.05) is 0 Å². The zero-order valence-electron chi connectivity index (χ0n) is 11.9. The van der Waals surface area contributed by atoms with Crippen molar-refractivity contribution < 1.29 is 14.3 Å². The highest BCUT2D eigenvalue weighted by molar-refractivity contribution is 7.19. The standard InChI is InChI=1S/C15H12Cl3NO3S/c1-2-22-15(21)11(8-6-4-3-5-7-8)19-14(20)12-9(16)10(17)13(18)23-12/h3-7,11H,2H2,1H3,(H,19,20). The van der Waals surface area contributed by atoms with Crippen LogP contribution in [-0.2, 0) is 9.53 Å². The van der Waals surface area contributed by atoms with Gasteiger partial charge in [-0.3, -0.25) is 4.79 Å². The Bertz CT molecular complexity index is 718. The molecule has 1 N–H and O–H groups in total. The van der Waals surface area contributed by atoms with Gasteiger partial charge < -0.3 is 10.1 Å². The van der Waals surface area contributed by atoms with Crippen LogP contribution in [0.25, 0.3) is 0 Å². The predicted octanol–water partition coefficient (Wildman–Crippen LogP) is 4.74. The third kappa shape index (κ3) is 4.18. The van der Waals surface area contributed by atoms with Crippen LogP contribution in [0.5, 0.6) is 0 Å². The van der Waals surface area contributed by atoms with E-state index in [4.69, 9.17) is 39.5 Å². The third-order valence-electron chi connectivity index (χ3n) is 2.89. The Balaban J connectivity index is 2.28. The van der Waals surface area contributed by atoms with Crippen molar-refractivity contribution in [2.24, 2.45) is 0 Å². The van der Waals surface area contributed by atoms with Crippen molar-refractivity contribution in [2.45, 2.75) is 13.0 Å². The Labute approximate surface area is 152 Å². The maximum Gasteiger partial charge on any atom is 0.333 e. The number of thiophene rings is 1. The Morgan fingerprint density at radius 3 is 2.35 bits per heavy atom. The minimum absolute atomic E-state index is 0.0647. The zero-order chi connectivity index (χ0) is 17.0. The van der Waals surface area contributed by atoms with E-state index in [1.54, 1.807) is 31.2 Å². The van der Waals surface area contributed by atoms with Crippen molar-refractivity contribution in [2.75, 3.05) is 6.61 Å². The number of hydrogen-bond acceptors (Lipinski definition) is 4. The van der Waals surface area contributed by atoms with Crippen LogP contribution in [0.1, 0.15) is 28.2 Å². The molecule has 0 saturated heterocycles. The van der Waals surface area contributed by atoms with E-state index in [1.165, 1.54) is 0 Å². The lowest BCUT2D eigenvalue weighted by Gasteiger charge is -2.17. The van der Waals surface area contributed by atoms with Gasteiger partial charge in [0.1, 0.15) is 9.21 Å². The number of amides is 1. The minimum Gasteiger partial charge on any atom is -0.464 e. The average molecular weight is 393 g/mol. The van der Waals surface area contributed by atoms with Gasteiger partial charge in [0.15, 0.2) is 6.04 Å². The molecule has 0 aliphatic heterocycles. The van der Waals surface area contributed by atoms with Gasteiger partial charge in [-0.05, 0) is 12.5 Å². The number of nitrogens with one attached hydrogen (secondary N) is 1. The number of hydrogen-bond donors (Lipinski definition) is 1. The molecule has 23 heavy (non-hydrogen) atoms. The molecule has 0 aliphatic rings. The lowest BCUT2D eigenvalue weighted by molar-refractivity contribution is -0.145. The fraction of sp³-hybridized carbons (Fsp3) is 0.200. The van der Waals surface area contributed by atoms with E-state index in [9.17, 15) is 9.59 Å². The van der Waals surface area contributed by atoms with Crippen LogP contribution in [0, 0.1) is 0 Å². The molecule has 0 bridgehead atoms. The van der Waals surface area contributed by atoms with Crippen molar-refractivity contribution in [3.8, 4) is 0 Å². The fourth-order valence-corrected chi connectivity index (χ4v) is 3.56. The Morgan fingerprint density at radius 1 is 1.17 bits per heavy atom. The number of carbonyl (C=O) groups excluding carboxylic acids is 2. The second kappa shape index (κ2) is 8.02. The van der Waals surface area contributed by atoms with Crippen molar-refractivity contribution in [3.05, 3.63) is 55.2 Å². The van der Waals surface area contributed by atoms with Crippen LogP contribution in [0.15, 0.2) is 30.3 Å². The van der Waals surface area contributed by atoms with Gasteiger partial charge in [-0.25, -0.2) is 4.79 Å². The van der Waals surface area contributed by atoms with E-state index in [0.29, 0.717) is 5.56 Å². The molecule has 1 amide bonds. The van der Waals surface area contributed by atoms with Gasteiger partial charge in [-0.1, -0.05) is 65.1 Å². The SMILES string of the molecule is CCOC(=O)C(NC(=O)c1sc(Cl)c(Cl)c1Cl)c1ccccc1. The van der Waals surface area contributed by atoms with Crippen LogP contribution < -0.4 is 5.32 Å². The number of esters is 1. The molecule has 0 aliphatic carbocycles. The molecule has 1 heterocycles. The highest BCUT2D eigenvalue weighted by atomic mass is 35.5. The van der Waals surface area contributed by atoms with Gasteiger partial charge in [0.05, 0.1) is 16.7 Å². The van der Waals surface area contributed by atoms with Crippen LogP contribution in [0.2, 0.25) is 14.4 Å². The monoisotopic (exact) mass is 391 g/mol. The fourth-order valence-electron chi connectivity index (χ4n) is 1.86. The maximum absolute atomic E-state index is 12.4. The minimum atomic E-state index is -0.945. The van der Waals surface area contributed by atoms with E-state index in [-0.39, 0.29) is 25.9 Å². The topological polar surface area (TPSA) is 55.4 Å². The molecular weight excluding hydrogens is 381 g/mol.